The summed E-state index contributed by atoms with van der Waals surface area (Å²) in [5, 5.41) is 3.96. The predicted octanol–water partition coefficient (Wildman–Crippen LogP) is 2.06. The van der Waals surface area contributed by atoms with Gasteiger partial charge in [0.25, 0.3) is 11.5 Å². The number of carbonyl (C=O) groups is 1. The molecule has 126 valence electrons. The van der Waals surface area contributed by atoms with Gasteiger partial charge < -0.3 is 14.4 Å². The molecule has 0 aromatic carbocycles. The molecule has 0 radical (unpaired) electrons. The molecule has 2 aromatic heterocycles. The maximum absolute atomic E-state index is 13.0. The Morgan fingerprint density at radius 2 is 2.08 bits per heavy atom. The molecule has 2 heterocycles. The first-order valence-corrected chi connectivity index (χ1v) is 8.37. The topological polar surface area (TPSA) is 92.1 Å². The van der Waals surface area contributed by atoms with Crippen molar-refractivity contribution < 1.29 is 9.32 Å². The van der Waals surface area contributed by atoms with Crippen molar-refractivity contribution in [3.8, 4) is 0 Å². The van der Waals surface area contributed by atoms with Crippen LogP contribution >= 0.6 is 0 Å². The fourth-order valence-corrected chi connectivity index (χ4v) is 2.93. The molecule has 1 N–H and O–H groups in total. The van der Waals surface area contributed by atoms with E-state index in [1.165, 1.54) is 6.07 Å². The SMILES string of the molecule is Cc1noc(C)c1CN(C(=O)c1cc(=O)[nH]c(C2CC2)n1)C1CC1. The van der Waals surface area contributed by atoms with Gasteiger partial charge in [0.15, 0.2) is 0 Å². The molecule has 0 atom stereocenters. The molecule has 0 unspecified atom stereocenters. The summed E-state index contributed by atoms with van der Waals surface area (Å²) >= 11 is 0. The second-order valence-corrected chi connectivity index (χ2v) is 6.76. The van der Waals surface area contributed by atoms with Gasteiger partial charge in [0.1, 0.15) is 17.3 Å². The molecule has 0 saturated heterocycles. The number of H-pyrrole nitrogens is 1. The van der Waals surface area contributed by atoms with E-state index in [1.54, 1.807) is 4.90 Å². The summed E-state index contributed by atoms with van der Waals surface area (Å²) in [6, 6.07) is 1.51. The lowest BCUT2D eigenvalue weighted by atomic mass is 10.2. The molecule has 0 bridgehead atoms. The van der Waals surface area contributed by atoms with Crippen molar-refractivity contribution in [2.24, 2.45) is 0 Å². The monoisotopic (exact) mass is 328 g/mol. The summed E-state index contributed by atoms with van der Waals surface area (Å²) in [7, 11) is 0. The van der Waals surface area contributed by atoms with Crippen LogP contribution in [0, 0.1) is 13.8 Å². The Morgan fingerprint density at radius 1 is 1.33 bits per heavy atom. The van der Waals surface area contributed by atoms with E-state index in [1.807, 2.05) is 13.8 Å². The van der Waals surface area contributed by atoms with E-state index in [-0.39, 0.29) is 23.2 Å². The highest BCUT2D eigenvalue weighted by Gasteiger charge is 2.35. The molecular weight excluding hydrogens is 308 g/mol. The lowest BCUT2D eigenvalue weighted by Crippen LogP contribution is -2.34. The summed E-state index contributed by atoms with van der Waals surface area (Å²) in [6.45, 7) is 4.16. The number of nitrogens with one attached hydrogen (secondary N) is 1. The summed E-state index contributed by atoms with van der Waals surface area (Å²) < 4.78 is 5.20. The second kappa shape index (κ2) is 5.58. The van der Waals surface area contributed by atoms with Crippen LogP contribution in [0.15, 0.2) is 15.4 Å². The molecule has 2 saturated carbocycles. The minimum Gasteiger partial charge on any atom is -0.361 e. The number of hydrogen-bond donors (Lipinski definition) is 1. The van der Waals surface area contributed by atoms with Gasteiger partial charge in [0, 0.05) is 23.6 Å². The third-order valence-electron chi connectivity index (χ3n) is 4.70. The Bertz CT molecular complexity index is 826. The van der Waals surface area contributed by atoms with Crippen molar-refractivity contribution >= 4 is 5.91 Å². The lowest BCUT2D eigenvalue weighted by Gasteiger charge is -2.22. The average molecular weight is 328 g/mol. The fraction of sp³-hybridized carbons (Fsp3) is 0.529. The number of aromatic amines is 1. The van der Waals surface area contributed by atoms with Gasteiger partial charge in [0.2, 0.25) is 0 Å². The smallest absolute Gasteiger partial charge is 0.273 e. The Labute approximate surface area is 139 Å². The molecule has 2 aliphatic carbocycles. The van der Waals surface area contributed by atoms with Gasteiger partial charge in [-0.25, -0.2) is 4.98 Å². The number of amides is 1. The number of hydrogen-bond acceptors (Lipinski definition) is 5. The molecule has 7 nitrogen and oxygen atoms in total. The molecule has 0 aliphatic heterocycles. The van der Waals surface area contributed by atoms with Crippen LogP contribution in [-0.4, -0.2) is 32.0 Å². The largest absolute Gasteiger partial charge is 0.361 e. The average Bonchev–Trinajstić information content (AvgIpc) is 3.45. The molecule has 2 aliphatic rings. The summed E-state index contributed by atoms with van der Waals surface area (Å²) in [5.41, 5.74) is 1.70. The van der Waals surface area contributed by atoms with Crippen LogP contribution in [0.4, 0.5) is 0 Å². The first kappa shape index (κ1) is 15.1. The number of carbonyl (C=O) groups excluding carboxylic acids is 1. The van der Waals surface area contributed by atoms with Crippen LogP contribution in [0.25, 0.3) is 0 Å². The van der Waals surface area contributed by atoms with Gasteiger partial charge in [-0.1, -0.05) is 5.16 Å². The normalized spacial score (nSPS) is 17.1. The van der Waals surface area contributed by atoms with Crippen molar-refractivity contribution in [2.75, 3.05) is 0 Å². The van der Waals surface area contributed by atoms with E-state index in [0.717, 1.165) is 42.7 Å². The van der Waals surface area contributed by atoms with E-state index in [0.29, 0.717) is 18.3 Å². The zero-order valence-corrected chi connectivity index (χ0v) is 13.8. The molecule has 24 heavy (non-hydrogen) atoms. The molecular formula is C17H20N4O3. The van der Waals surface area contributed by atoms with Gasteiger partial charge in [-0.3, -0.25) is 9.59 Å². The number of nitrogens with zero attached hydrogens (tertiary/aromatic N) is 3. The minimum atomic E-state index is -0.261. The molecule has 7 heteroatoms. The number of aryl methyl sites for hydroxylation is 2. The summed E-state index contributed by atoms with van der Waals surface area (Å²) in [4.78, 5) is 33.8. The standard InChI is InChI=1S/C17H20N4O3/c1-9-13(10(2)24-20-9)8-21(12-5-6-12)17(23)14-7-15(22)19-16(18-14)11-3-4-11/h7,11-12H,3-6,8H2,1-2H3,(H,18,19,22). The van der Waals surface area contributed by atoms with Crippen molar-refractivity contribution in [3.63, 3.8) is 0 Å². The maximum atomic E-state index is 13.0. The number of rotatable bonds is 5. The zero-order chi connectivity index (χ0) is 16.8. The third kappa shape index (κ3) is 2.86. The highest BCUT2D eigenvalue weighted by molar-refractivity contribution is 5.92. The first-order valence-electron chi connectivity index (χ1n) is 8.37. The Kier molecular flexibility index (Phi) is 3.51. The highest BCUT2D eigenvalue weighted by Crippen LogP contribution is 2.37. The second-order valence-electron chi connectivity index (χ2n) is 6.76. The Balaban J connectivity index is 1.64. The molecule has 1 amide bonds. The molecule has 2 aromatic rings. The zero-order valence-electron chi connectivity index (χ0n) is 13.8. The van der Waals surface area contributed by atoms with Crippen LogP contribution < -0.4 is 5.56 Å². The predicted molar refractivity (Wildman–Crippen MR) is 85.7 cm³/mol. The number of aromatic nitrogens is 3. The van der Waals surface area contributed by atoms with E-state index in [2.05, 4.69) is 15.1 Å². The van der Waals surface area contributed by atoms with Gasteiger partial charge >= 0.3 is 0 Å². The van der Waals surface area contributed by atoms with Crippen LogP contribution in [0.1, 0.15) is 64.9 Å². The van der Waals surface area contributed by atoms with Gasteiger partial charge in [-0.15, -0.1) is 0 Å². The molecule has 2 fully saturated rings. The Morgan fingerprint density at radius 3 is 2.67 bits per heavy atom. The fourth-order valence-electron chi connectivity index (χ4n) is 2.93. The molecule has 4 rings (SSSR count). The van der Waals surface area contributed by atoms with E-state index >= 15 is 0 Å². The molecule has 0 spiro atoms. The quantitative estimate of drug-likeness (QED) is 0.907. The minimum absolute atomic E-state index is 0.189. The van der Waals surface area contributed by atoms with Crippen LogP contribution in [0.5, 0.6) is 0 Å². The first-order chi connectivity index (χ1) is 11.5. The van der Waals surface area contributed by atoms with Gasteiger partial charge in [-0.2, -0.15) is 0 Å². The van der Waals surface area contributed by atoms with E-state index < -0.39 is 0 Å². The Hall–Kier alpha value is -2.44. The van der Waals surface area contributed by atoms with Crippen molar-refractivity contribution in [1.82, 2.24) is 20.0 Å². The lowest BCUT2D eigenvalue weighted by molar-refractivity contribution is 0.0722. The summed E-state index contributed by atoms with van der Waals surface area (Å²) in [5.74, 6) is 1.47. The van der Waals surface area contributed by atoms with Crippen molar-refractivity contribution in [1.29, 1.82) is 0 Å². The van der Waals surface area contributed by atoms with Gasteiger partial charge in [0.05, 0.1) is 12.2 Å². The van der Waals surface area contributed by atoms with Crippen LogP contribution in [0.2, 0.25) is 0 Å². The van der Waals surface area contributed by atoms with Crippen LogP contribution in [-0.2, 0) is 6.54 Å². The third-order valence-corrected chi connectivity index (χ3v) is 4.70. The highest BCUT2D eigenvalue weighted by atomic mass is 16.5. The van der Waals surface area contributed by atoms with E-state index in [9.17, 15) is 9.59 Å². The summed E-state index contributed by atoms with van der Waals surface area (Å²) in [6.07, 6.45) is 4.00. The van der Waals surface area contributed by atoms with Gasteiger partial charge in [-0.05, 0) is 39.5 Å². The van der Waals surface area contributed by atoms with Crippen LogP contribution in [0.3, 0.4) is 0 Å². The van der Waals surface area contributed by atoms with Crippen molar-refractivity contribution in [3.05, 3.63) is 45.0 Å². The van der Waals surface area contributed by atoms with Crippen molar-refractivity contribution in [2.45, 2.75) is 58.0 Å². The maximum Gasteiger partial charge on any atom is 0.273 e. The van der Waals surface area contributed by atoms with E-state index in [4.69, 9.17) is 4.52 Å².